The van der Waals surface area contributed by atoms with E-state index in [4.69, 9.17) is 10.00 Å². The minimum absolute atomic E-state index is 0.0765. The lowest BCUT2D eigenvalue weighted by molar-refractivity contribution is -0.112. The van der Waals surface area contributed by atoms with Crippen LogP contribution in [0.15, 0.2) is 42.0 Å². The number of carbonyl (C=O) groups excluding carboxylic acids is 1. The van der Waals surface area contributed by atoms with Crippen molar-refractivity contribution in [2.45, 2.75) is 6.92 Å². The van der Waals surface area contributed by atoms with Gasteiger partial charge >= 0.3 is 0 Å². The smallest absolute Gasteiger partial charge is 0.266 e. The molecule has 1 amide bonds. The summed E-state index contributed by atoms with van der Waals surface area (Å²) in [7, 11) is 1.58. The van der Waals surface area contributed by atoms with E-state index in [2.05, 4.69) is 5.32 Å². The molecule has 4 nitrogen and oxygen atoms in total. The molecule has 5 heteroatoms. The maximum Gasteiger partial charge on any atom is 0.266 e. The number of rotatable bonds is 4. The summed E-state index contributed by atoms with van der Waals surface area (Å²) in [5, 5.41) is 11.8. The van der Waals surface area contributed by atoms with Crippen LogP contribution in [0.2, 0.25) is 0 Å². The van der Waals surface area contributed by atoms with E-state index in [1.165, 1.54) is 11.3 Å². The van der Waals surface area contributed by atoms with Crippen molar-refractivity contribution in [3.8, 4) is 11.8 Å². The Balaban J connectivity index is 2.13. The molecule has 0 aliphatic carbocycles. The van der Waals surface area contributed by atoms with E-state index in [9.17, 15) is 4.79 Å². The van der Waals surface area contributed by atoms with Crippen LogP contribution in [0.5, 0.6) is 5.75 Å². The van der Waals surface area contributed by atoms with Gasteiger partial charge in [0.2, 0.25) is 0 Å². The number of ether oxygens (including phenoxy) is 1. The Hall–Kier alpha value is -2.58. The quantitative estimate of drug-likeness (QED) is 0.693. The zero-order valence-corrected chi connectivity index (χ0v) is 12.5. The molecule has 0 saturated carbocycles. The molecular formula is C16H14N2O2S. The third kappa shape index (κ3) is 3.94. The second-order valence-corrected chi connectivity index (χ2v) is 5.62. The summed E-state index contributed by atoms with van der Waals surface area (Å²) in [5.41, 5.74) is 0.692. The summed E-state index contributed by atoms with van der Waals surface area (Å²) >= 11 is 1.54. The summed E-state index contributed by atoms with van der Waals surface area (Å²) in [5.74, 6) is 0.284. The predicted octanol–water partition coefficient (Wildman–Crippen LogP) is 3.61. The molecule has 0 saturated heterocycles. The maximum absolute atomic E-state index is 12.1. The number of thiophene rings is 1. The fourth-order valence-corrected chi connectivity index (χ4v) is 2.52. The Morgan fingerprint density at radius 2 is 2.00 bits per heavy atom. The zero-order chi connectivity index (χ0) is 15.2. The van der Waals surface area contributed by atoms with Crippen molar-refractivity contribution < 1.29 is 9.53 Å². The molecule has 1 N–H and O–H groups in total. The zero-order valence-electron chi connectivity index (χ0n) is 11.7. The highest BCUT2D eigenvalue weighted by Gasteiger charge is 2.10. The summed E-state index contributed by atoms with van der Waals surface area (Å²) in [6.45, 7) is 1.98. The van der Waals surface area contributed by atoms with Gasteiger partial charge in [-0.05, 0) is 49.4 Å². The van der Waals surface area contributed by atoms with Crippen LogP contribution in [0.3, 0.4) is 0 Å². The van der Waals surface area contributed by atoms with E-state index < -0.39 is 5.91 Å². The lowest BCUT2D eigenvalue weighted by atomic mass is 10.2. The lowest BCUT2D eigenvalue weighted by Crippen LogP contribution is -2.13. The number of methoxy groups -OCH3 is 1. The van der Waals surface area contributed by atoms with Crippen molar-refractivity contribution in [3.05, 3.63) is 51.7 Å². The highest BCUT2D eigenvalue weighted by molar-refractivity contribution is 7.12. The number of benzene rings is 1. The van der Waals surface area contributed by atoms with Crippen LogP contribution in [-0.4, -0.2) is 13.0 Å². The second kappa shape index (κ2) is 6.73. The molecule has 1 aromatic carbocycles. The van der Waals surface area contributed by atoms with Crippen molar-refractivity contribution in [1.29, 1.82) is 5.26 Å². The Morgan fingerprint density at radius 3 is 2.52 bits per heavy atom. The Labute approximate surface area is 127 Å². The van der Waals surface area contributed by atoms with Crippen LogP contribution in [0, 0.1) is 18.3 Å². The molecule has 0 unspecified atom stereocenters. The number of carbonyl (C=O) groups is 1. The van der Waals surface area contributed by atoms with Gasteiger partial charge in [-0.1, -0.05) is 0 Å². The molecule has 0 spiro atoms. The van der Waals surface area contributed by atoms with E-state index in [1.807, 2.05) is 25.1 Å². The van der Waals surface area contributed by atoms with Gasteiger partial charge in [0, 0.05) is 15.4 Å². The van der Waals surface area contributed by atoms with E-state index in [1.54, 1.807) is 37.5 Å². The van der Waals surface area contributed by atoms with E-state index in [0.29, 0.717) is 11.4 Å². The summed E-state index contributed by atoms with van der Waals surface area (Å²) in [6.07, 6.45) is 1.59. The van der Waals surface area contributed by atoms with Crippen molar-refractivity contribution in [1.82, 2.24) is 0 Å². The molecule has 0 bridgehead atoms. The van der Waals surface area contributed by atoms with Crippen LogP contribution in [0.25, 0.3) is 6.08 Å². The molecular weight excluding hydrogens is 284 g/mol. The monoisotopic (exact) mass is 298 g/mol. The fraction of sp³-hybridized carbons (Fsp3) is 0.125. The molecule has 1 aromatic heterocycles. The summed E-state index contributed by atoms with van der Waals surface area (Å²) in [6, 6.07) is 12.7. The van der Waals surface area contributed by atoms with Crippen molar-refractivity contribution in [2.24, 2.45) is 0 Å². The van der Waals surface area contributed by atoms with E-state index >= 15 is 0 Å². The Kier molecular flexibility index (Phi) is 4.75. The van der Waals surface area contributed by atoms with Crippen LogP contribution in [0.1, 0.15) is 9.75 Å². The van der Waals surface area contributed by atoms with Gasteiger partial charge in [-0.15, -0.1) is 11.3 Å². The molecule has 0 atom stereocenters. The summed E-state index contributed by atoms with van der Waals surface area (Å²) < 4.78 is 5.05. The number of hydrogen-bond acceptors (Lipinski definition) is 4. The third-order valence-electron chi connectivity index (χ3n) is 2.76. The van der Waals surface area contributed by atoms with Gasteiger partial charge in [-0.3, -0.25) is 4.79 Å². The van der Waals surface area contributed by atoms with E-state index in [-0.39, 0.29) is 5.57 Å². The van der Waals surface area contributed by atoms with Gasteiger partial charge in [0.15, 0.2) is 0 Å². The van der Waals surface area contributed by atoms with Crippen LogP contribution >= 0.6 is 11.3 Å². The minimum atomic E-state index is -0.422. The van der Waals surface area contributed by atoms with Crippen LogP contribution in [0.4, 0.5) is 5.69 Å². The standard InChI is InChI=1S/C16H14N2O2S/c1-11-3-8-15(21-11)9-12(10-17)16(19)18-13-4-6-14(20-2)7-5-13/h3-9H,1-2H3,(H,18,19)/b12-9+. The Bertz CT molecular complexity index is 709. The van der Waals surface area contributed by atoms with Crippen LogP contribution < -0.4 is 10.1 Å². The van der Waals surface area contributed by atoms with Gasteiger partial charge in [0.05, 0.1) is 7.11 Å². The average Bonchev–Trinajstić information content (AvgIpc) is 2.90. The lowest BCUT2D eigenvalue weighted by Gasteiger charge is -2.05. The first-order chi connectivity index (χ1) is 10.1. The minimum Gasteiger partial charge on any atom is -0.497 e. The first kappa shape index (κ1) is 14.8. The molecule has 0 aliphatic rings. The highest BCUT2D eigenvalue weighted by Crippen LogP contribution is 2.19. The number of nitriles is 1. The summed E-state index contributed by atoms with van der Waals surface area (Å²) in [4.78, 5) is 14.1. The molecule has 0 radical (unpaired) electrons. The maximum atomic E-state index is 12.1. The number of nitrogens with one attached hydrogen (secondary N) is 1. The van der Waals surface area contributed by atoms with Crippen molar-refractivity contribution >= 4 is 29.0 Å². The van der Waals surface area contributed by atoms with Crippen molar-refractivity contribution in [2.75, 3.05) is 12.4 Å². The van der Waals surface area contributed by atoms with E-state index in [0.717, 1.165) is 9.75 Å². The number of anilines is 1. The molecule has 106 valence electrons. The fourth-order valence-electron chi connectivity index (χ4n) is 1.69. The predicted molar refractivity (Wildman–Crippen MR) is 84.3 cm³/mol. The van der Waals surface area contributed by atoms with Crippen LogP contribution in [-0.2, 0) is 4.79 Å². The molecule has 0 aliphatic heterocycles. The SMILES string of the molecule is COc1ccc(NC(=O)/C(C#N)=C/c2ccc(C)s2)cc1. The molecule has 2 aromatic rings. The molecule has 1 heterocycles. The topological polar surface area (TPSA) is 62.1 Å². The van der Waals surface area contributed by atoms with Gasteiger partial charge in [0.25, 0.3) is 5.91 Å². The molecule has 0 fully saturated rings. The molecule has 21 heavy (non-hydrogen) atoms. The number of hydrogen-bond donors (Lipinski definition) is 1. The largest absolute Gasteiger partial charge is 0.497 e. The van der Waals surface area contributed by atoms with Gasteiger partial charge in [-0.2, -0.15) is 5.26 Å². The highest BCUT2D eigenvalue weighted by atomic mass is 32.1. The van der Waals surface area contributed by atoms with Gasteiger partial charge in [0.1, 0.15) is 17.4 Å². The first-order valence-electron chi connectivity index (χ1n) is 6.26. The first-order valence-corrected chi connectivity index (χ1v) is 7.07. The normalized spacial score (nSPS) is 10.8. The third-order valence-corrected chi connectivity index (χ3v) is 3.71. The number of aryl methyl sites for hydroxylation is 1. The van der Waals surface area contributed by atoms with Gasteiger partial charge < -0.3 is 10.1 Å². The Morgan fingerprint density at radius 1 is 1.29 bits per heavy atom. The second-order valence-electron chi connectivity index (χ2n) is 4.30. The molecule has 2 rings (SSSR count). The average molecular weight is 298 g/mol. The van der Waals surface area contributed by atoms with Gasteiger partial charge in [-0.25, -0.2) is 0 Å². The van der Waals surface area contributed by atoms with Crippen molar-refractivity contribution in [3.63, 3.8) is 0 Å². The number of nitrogens with zero attached hydrogens (tertiary/aromatic N) is 1. The number of amides is 1.